The van der Waals surface area contributed by atoms with Gasteiger partial charge in [-0.05, 0) is 24.2 Å². The van der Waals surface area contributed by atoms with Crippen molar-refractivity contribution in [1.82, 2.24) is 5.32 Å². The lowest BCUT2D eigenvalue weighted by Crippen LogP contribution is -2.61. The van der Waals surface area contributed by atoms with E-state index in [1.165, 1.54) is 7.11 Å². The summed E-state index contributed by atoms with van der Waals surface area (Å²) in [4.78, 5) is 23.8. The molecule has 90 valence electrons. The number of hydrogen-bond donors (Lipinski definition) is 1. The van der Waals surface area contributed by atoms with Gasteiger partial charge in [0.25, 0.3) is 0 Å². The average molecular weight is 225 g/mol. The van der Waals surface area contributed by atoms with Crippen LogP contribution in [0.15, 0.2) is 0 Å². The van der Waals surface area contributed by atoms with Gasteiger partial charge in [0.05, 0.1) is 12.5 Å². The van der Waals surface area contributed by atoms with Gasteiger partial charge in [0.15, 0.2) is 0 Å². The number of rotatable bonds is 1. The summed E-state index contributed by atoms with van der Waals surface area (Å²) in [5.41, 5.74) is -0.490. The molecule has 1 saturated carbocycles. The van der Waals surface area contributed by atoms with Crippen molar-refractivity contribution in [3.63, 3.8) is 0 Å². The number of methoxy groups -OCH3 is 1. The molecule has 0 radical (unpaired) electrons. The van der Waals surface area contributed by atoms with Gasteiger partial charge >= 0.3 is 5.97 Å². The minimum atomic E-state index is -0.469. The Balaban J connectivity index is 2.38. The maximum absolute atomic E-state index is 12.1. The lowest BCUT2D eigenvalue weighted by Gasteiger charge is -2.47. The van der Waals surface area contributed by atoms with Crippen LogP contribution in [0.3, 0.4) is 0 Å². The number of nitrogens with one attached hydrogen (secondary N) is 1. The summed E-state index contributed by atoms with van der Waals surface area (Å²) >= 11 is 0. The quantitative estimate of drug-likeness (QED) is 0.680. The molecule has 0 spiro atoms. The van der Waals surface area contributed by atoms with Gasteiger partial charge in [-0.25, -0.2) is 4.79 Å². The van der Waals surface area contributed by atoms with E-state index in [0.717, 1.165) is 12.8 Å². The Bertz CT molecular complexity index is 350. The largest absolute Gasteiger partial charge is 0.467 e. The summed E-state index contributed by atoms with van der Waals surface area (Å²) in [6, 6.07) is -0.469. The number of amides is 1. The van der Waals surface area contributed by atoms with Crippen LogP contribution in [-0.2, 0) is 14.3 Å². The normalized spacial score (nSPS) is 40.4. The van der Waals surface area contributed by atoms with Crippen molar-refractivity contribution in [2.24, 2.45) is 16.7 Å². The molecule has 2 bridgehead atoms. The van der Waals surface area contributed by atoms with E-state index in [-0.39, 0.29) is 28.6 Å². The van der Waals surface area contributed by atoms with Crippen molar-refractivity contribution in [3.8, 4) is 0 Å². The Morgan fingerprint density at radius 3 is 2.62 bits per heavy atom. The van der Waals surface area contributed by atoms with Crippen molar-refractivity contribution in [2.45, 2.75) is 39.7 Å². The van der Waals surface area contributed by atoms with Crippen LogP contribution in [0, 0.1) is 16.7 Å². The van der Waals surface area contributed by atoms with E-state index in [9.17, 15) is 9.59 Å². The molecule has 1 aliphatic heterocycles. The molecule has 4 heteroatoms. The predicted octanol–water partition coefficient (Wildman–Crippen LogP) is 1.10. The summed E-state index contributed by atoms with van der Waals surface area (Å²) in [5.74, 6) is -0.153. The molecule has 1 aliphatic carbocycles. The molecule has 0 aromatic heterocycles. The first kappa shape index (κ1) is 11.4. The van der Waals surface area contributed by atoms with Crippen LogP contribution in [0.5, 0.6) is 0 Å². The van der Waals surface area contributed by atoms with Gasteiger partial charge in [-0.1, -0.05) is 20.8 Å². The minimum Gasteiger partial charge on any atom is -0.467 e. The summed E-state index contributed by atoms with van der Waals surface area (Å²) < 4.78 is 4.76. The van der Waals surface area contributed by atoms with Gasteiger partial charge in [0.2, 0.25) is 5.91 Å². The van der Waals surface area contributed by atoms with E-state index < -0.39 is 6.04 Å². The lowest BCUT2D eigenvalue weighted by molar-refractivity contribution is -0.157. The first-order valence-electron chi connectivity index (χ1n) is 5.73. The van der Waals surface area contributed by atoms with Crippen molar-refractivity contribution >= 4 is 11.9 Å². The lowest BCUT2D eigenvalue weighted by atomic mass is 9.61. The topological polar surface area (TPSA) is 55.4 Å². The molecule has 2 aliphatic rings. The number of esters is 1. The molecular formula is C12H19NO3. The Morgan fingerprint density at radius 2 is 2.06 bits per heavy atom. The van der Waals surface area contributed by atoms with Crippen LogP contribution >= 0.6 is 0 Å². The number of ether oxygens (including phenoxy) is 1. The van der Waals surface area contributed by atoms with Gasteiger partial charge in [-0.2, -0.15) is 0 Å². The maximum atomic E-state index is 12.1. The molecule has 1 N–H and O–H groups in total. The van der Waals surface area contributed by atoms with Gasteiger partial charge in [-0.15, -0.1) is 0 Å². The number of carbonyl (C=O) groups excluding carboxylic acids is 2. The highest BCUT2D eigenvalue weighted by Gasteiger charge is 2.63. The molecule has 3 atom stereocenters. The first-order chi connectivity index (χ1) is 7.34. The molecule has 1 amide bonds. The highest BCUT2D eigenvalue weighted by molar-refractivity contribution is 5.91. The highest BCUT2D eigenvalue weighted by atomic mass is 16.5. The monoisotopic (exact) mass is 225 g/mol. The number of carbonyl (C=O) groups is 2. The smallest absolute Gasteiger partial charge is 0.328 e. The predicted molar refractivity (Wildman–Crippen MR) is 58.6 cm³/mol. The van der Waals surface area contributed by atoms with Crippen LogP contribution in [-0.4, -0.2) is 25.0 Å². The number of fused-ring (bicyclic) bond motifs is 2. The fourth-order valence-corrected chi connectivity index (χ4v) is 3.28. The number of piperidine rings is 1. The first-order valence-corrected chi connectivity index (χ1v) is 5.73. The van der Waals surface area contributed by atoms with Crippen molar-refractivity contribution in [1.29, 1.82) is 0 Å². The minimum absolute atomic E-state index is 0.0124. The molecule has 1 heterocycles. The second-order valence-electron chi connectivity index (χ2n) is 5.67. The SMILES string of the molecule is COC(=O)[C@@H]1NC(=O)[C@]2(C)CC[C@H]1C2(C)C. The van der Waals surface area contributed by atoms with E-state index in [1.807, 2.05) is 6.92 Å². The van der Waals surface area contributed by atoms with Crippen LogP contribution in [0.2, 0.25) is 0 Å². The van der Waals surface area contributed by atoms with Crippen LogP contribution in [0.4, 0.5) is 0 Å². The molecule has 16 heavy (non-hydrogen) atoms. The third kappa shape index (κ3) is 1.16. The van der Waals surface area contributed by atoms with Crippen molar-refractivity contribution in [3.05, 3.63) is 0 Å². The molecule has 1 saturated heterocycles. The third-order valence-corrected chi connectivity index (χ3v) is 4.95. The van der Waals surface area contributed by atoms with Gasteiger partial charge in [-0.3, -0.25) is 4.79 Å². The summed E-state index contributed by atoms with van der Waals surface area (Å²) in [6.45, 7) is 6.16. The Hall–Kier alpha value is -1.06. The fraction of sp³-hybridized carbons (Fsp3) is 0.833. The van der Waals surface area contributed by atoms with Gasteiger partial charge in [0, 0.05) is 0 Å². The molecule has 2 fully saturated rings. The highest BCUT2D eigenvalue weighted by Crippen LogP contribution is 2.59. The molecule has 2 rings (SSSR count). The van der Waals surface area contributed by atoms with E-state index in [0.29, 0.717) is 0 Å². The summed E-state index contributed by atoms with van der Waals surface area (Å²) in [5, 5.41) is 2.81. The molecule has 0 aromatic rings. The van der Waals surface area contributed by atoms with Crippen molar-refractivity contribution < 1.29 is 14.3 Å². The van der Waals surface area contributed by atoms with Crippen LogP contribution < -0.4 is 5.32 Å². The second kappa shape index (κ2) is 3.22. The van der Waals surface area contributed by atoms with E-state index >= 15 is 0 Å². The zero-order valence-electron chi connectivity index (χ0n) is 10.3. The van der Waals surface area contributed by atoms with Crippen LogP contribution in [0.25, 0.3) is 0 Å². The number of hydrogen-bond acceptors (Lipinski definition) is 3. The zero-order chi connectivity index (χ0) is 12.1. The molecule has 0 unspecified atom stereocenters. The third-order valence-electron chi connectivity index (χ3n) is 4.95. The molecule has 4 nitrogen and oxygen atoms in total. The zero-order valence-corrected chi connectivity index (χ0v) is 10.3. The van der Waals surface area contributed by atoms with Gasteiger partial charge in [0.1, 0.15) is 6.04 Å². The second-order valence-corrected chi connectivity index (χ2v) is 5.67. The average Bonchev–Trinajstić information content (AvgIpc) is 2.38. The Kier molecular flexibility index (Phi) is 2.30. The van der Waals surface area contributed by atoms with E-state index in [2.05, 4.69) is 19.2 Å². The molecular weight excluding hydrogens is 206 g/mol. The Morgan fingerprint density at radius 1 is 1.44 bits per heavy atom. The van der Waals surface area contributed by atoms with Crippen LogP contribution in [0.1, 0.15) is 33.6 Å². The van der Waals surface area contributed by atoms with E-state index in [4.69, 9.17) is 4.74 Å². The van der Waals surface area contributed by atoms with Crippen molar-refractivity contribution in [2.75, 3.05) is 7.11 Å². The van der Waals surface area contributed by atoms with Gasteiger partial charge < -0.3 is 10.1 Å². The maximum Gasteiger partial charge on any atom is 0.328 e. The standard InChI is InChI=1S/C12H19NO3/c1-11(2)7-5-6-12(11,3)10(15)13-8(7)9(14)16-4/h7-8H,5-6H2,1-4H3,(H,13,15)/t7-,8-,12+/m1/s1. The summed E-state index contributed by atoms with van der Waals surface area (Å²) in [6.07, 6.45) is 1.76. The van der Waals surface area contributed by atoms with E-state index in [1.54, 1.807) is 0 Å². The summed E-state index contributed by atoms with van der Waals surface area (Å²) in [7, 11) is 1.37. The fourth-order valence-electron chi connectivity index (χ4n) is 3.28. The Labute approximate surface area is 95.7 Å². The molecule has 0 aromatic carbocycles.